The maximum atomic E-state index is 10.9. The first-order valence-electron chi connectivity index (χ1n) is 9.33. The van der Waals surface area contributed by atoms with Crippen molar-refractivity contribution in [3.8, 4) is 0 Å². The van der Waals surface area contributed by atoms with Crippen molar-refractivity contribution < 1.29 is 5.11 Å². The van der Waals surface area contributed by atoms with Gasteiger partial charge in [-0.3, -0.25) is 4.90 Å². The summed E-state index contributed by atoms with van der Waals surface area (Å²) in [5.41, 5.74) is 2.64. The van der Waals surface area contributed by atoms with E-state index < -0.39 is 0 Å². The molecule has 2 nitrogen and oxygen atoms in total. The van der Waals surface area contributed by atoms with Gasteiger partial charge in [0.2, 0.25) is 0 Å². The minimum Gasteiger partial charge on any atom is -0.391 e. The van der Waals surface area contributed by atoms with E-state index in [1.807, 2.05) is 6.07 Å². The summed E-state index contributed by atoms with van der Waals surface area (Å²) >= 11 is 0. The van der Waals surface area contributed by atoms with Gasteiger partial charge in [0.15, 0.2) is 0 Å². The highest BCUT2D eigenvalue weighted by Crippen LogP contribution is 2.21. The van der Waals surface area contributed by atoms with E-state index in [4.69, 9.17) is 0 Å². The van der Waals surface area contributed by atoms with Crippen LogP contribution in [-0.2, 0) is 12.8 Å². The van der Waals surface area contributed by atoms with E-state index in [1.54, 1.807) is 0 Å². The largest absolute Gasteiger partial charge is 0.391 e. The van der Waals surface area contributed by atoms with Crippen molar-refractivity contribution in [2.24, 2.45) is 0 Å². The van der Waals surface area contributed by atoms with Gasteiger partial charge in [0.05, 0.1) is 6.10 Å². The van der Waals surface area contributed by atoms with Crippen LogP contribution in [0, 0.1) is 0 Å². The van der Waals surface area contributed by atoms with Crippen LogP contribution < -0.4 is 0 Å². The molecule has 1 fully saturated rings. The smallest absolute Gasteiger partial charge is 0.0701 e. The number of aliphatic hydroxyl groups excluding tert-OH is 1. The SMILES string of the molecule is OC(CCc1ccccc1)C(Cc1ccccc1)N1CCCCC1. The molecule has 24 heavy (non-hydrogen) atoms. The third-order valence-electron chi connectivity index (χ3n) is 5.16. The van der Waals surface area contributed by atoms with E-state index in [0.29, 0.717) is 0 Å². The van der Waals surface area contributed by atoms with Crippen molar-refractivity contribution in [2.45, 2.75) is 50.7 Å². The molecule has 2 unspecified atom stereocenters. The molecule has 1 N–H and O–H groups in total. The molecule has 2 heteroatoms. The molecule has 0 radical (unpaired) electrons. The molecular weight excluding hydrogens is 294 g/mol. The second kappa shape index (κ2) is 9.00. The third-order valence-corrected chi connectivity index (χ3v) is 5.16. The van der Waals surface area contributed by atoms with Crippen molar-refractivity contribution in [3.05, 3.63) is 71.8 Å². The fraction of sp³-hybridized carbons (Fsp3) is 0.455. The van der Waals surface area contributed by atoms with Crippen LogP contribution in [0.4, 0.5) is 0 Å². The van der Waals surface area contributed by atoms with E-state index in [1.165, 1.54) is 30.4 Å². The number of rotatable bonds is 7. The van der Waals surface area contributed by atoms with Gasteiger partial charge in [-0.15, -0.1) is 0 Å². The lowest BCUT2D eigenvalue weighted by molar-refractivity contribution is 0.0334. The maximum Gasteiger partial charge on any atom is 0.0701 e. The zero-order valence-corrected chi connectivity index (χ0v) is 14.5. The van der Waals surface area contributed by atoms with Gasteiger partial charge in [0, 0.05) is 6.04 Å². The number of aryl methyl sites for hydroxylation is 1. The molecule has 2 aromatic rings. The maximum absolute atomic E-state index is 10.9. The first-order chi connectivity index (χ1) is 11.8. The lowest BCUT2D eigenvalue weighted by Crippen LogP contribution is -2.47. The number of likely N-dealkylation sites (tertiary alicyclic amines) is 1. The van der Waals surface area contributed by atoms with Crippen LogP contribution in [0.5, 0.6) is 0 Å². The van der Waals surface area contributed by atoms with Crippen LogP contribution >= 0.6 is 0 Å². The first-order valence-corrected chi connectivity index (χ1v) is 9.33. The first kappa shape index (κ1) is 17.2. The molecule has 3 rings (SSSR count). The van der Waals surface area contributed by atoms with Gasteiger partial charge in [0.1, 0.15) is 0 Å². The van der Waals surface area contributed by atoms with Crippen LogP contribution in [0.3, 0.4) is 0 Å². The van der Waals surface area contributed by atoms with Gasteiger partial charge in [-0.2, -0.15) is 0 Å². The number of nitrogens with zero attached hydrogens (tertiary/aromatic N) is 1. The summed E-state index contributed by atoms with van der Waals surface area (Å²) in [7, 11) is 0. The summed E-state index contributed by atoms with van der Waals surface area (Å²) in [4.78, 5) is 2.52. The molecule has 2 atom stereocenters. The molecule has 1 aliphatic rings. The molecule has 0 bridgehead atoms. The van der Waals surface area contributed by atoms with Gasteiger partial charge in [-0.1, -0.05) is 67.1 Å². The number of hydrogen-bond acceptors (Lipinski definition) is 2. The molecule has 2 aromatic carbocycles. The summed E-state index contributed by atoms with van der Waals surface area (Å²) in [6, 6.07) is 21.4. The van der Waals surface area contributed by atoms with Gasteiger partial charge < -0.3 is 5.11 Å². The molecular formula is C22H29NO. The Hall–Kier alpha value is -1.64. The lowest BCUT2D eigenvalue weighted by Gasteiger charge is -2.37. The van der Waals surface area contributed by atoms with E-state index in [-0.39, 0.29) is 12.1 Å². The topological polar surface area (TPSA) is 23.5 Å². The van der Waals surface area contributed by atoms with Crippen molar-refractivity contribution in [1.29, 1.82) is 0 Å². The van der Waals surface area contributed by atoms with Crippen molar-refractivity contribution in [2.75, 3.05) is 13.1 Å². The Bertz CT molecular complexity index is 577. The standard InChI is InChI=1S/C22H29NO/c24-22(15-14-19-10-4-1-5-11-19)21(23-16-8-3-9-17-23)18-20-12-6-2-7-13-20/h1-2,4-7,10-13,21-22,24H,3,8-9,14-18H2. The summed E-state index contributed by atoms with van der Waals surface area (Å²) in [5, 5.41) is 10.9. The number of hydrogen-bond donors (Lipinski definition) is 1. The average Bonchev–Trinajstić information content (AvgIpc) is 2.66. The van der Waals surface area contributed by atoms with Crippen molar-refractivity contribution >= 4 is 0 Å². The Morgan fingerprint density at radius 1 is 0.792 bits per heavy atom. The second-order valence-corrected chi connectivity index (χ2v) is 6.95. The molecule has 1 saturated heterocycles. The van der Waals surface area contributed by atoms with Crippen LogP contribution in [0.15, 0.2) is 60.7 Å². The Morgan fingerprint density at radius 3 is 2.00 bits per heavy atom. The summed E-state index contributed by atoms with van der Waals surface area (Å²) < 4.78 is 0. The number of benzene rings is 2. The van der Waals surface area contributed by atoms with E-state index in [9.17, 15) is 5.11 Å². The van der Waals surface area contributed by atoms with E-state index in [0.717, 1.165) is 32.4 Å². The van der Waals surface area contributed by atoms with Crippen LogP contribution in [-0.4, -0.2) is 35.2 Å². The molecule has 1 heterocycles. The molecule has 0 aromatic heterocycles. The Morgan fingerprint density at radius 2 is 1.38 bits per heavy atom. The fourth-order valence-corrected chi connectivity index (χ4v) is 3.77. The predicted molar refractivity (Wildman–Crippen MR) is 100 cm³/mol. The molecule has 0 spiro atoms. The monoisotopic (exact) mass is 323 g/mol. The molecule has 0 saturated carbocycles. The lowest BCUT2D eigenvalue weighted by atomic mass is 9.93. The zero-order chi connectivity index (χ0) is 16.6. The Balaban J connectivity index is 1.65. The minimum absolute atomic E-state index is 0.233. The van der Waals surface area contributed by atoms with Crippen molar-refractivity contribution in [1.82, 2.24) is 4.90 Å². The minimum atomic E-state index is -0.275. The van der Waals surface area contributed by atoms with Gasteiger partial charge in [-0.25, -0.2) is 0 Å². The summed E-state index contributed by atoms with van der Waals surface area (Å²) in [6.07, 6.45) is 6.29. The highest BCUT2D eigenvalue weighted by Gasteiger charge is 2.27. The Kier molecular flexibility index (Phi) is 6.45. The average molecular weight is 323 g/mol. The van der Waals surface area contributed by atoms with Crippen LogP contribution in [0.1, 0.15) is 36.8 Å². The van der Waals surface area contributed by atoms with Gasteiger partial charge >= 0.3 is 0 Å². The number of aliphatic hydroxyl groups is 1. The zero-order valence-electron chi connectivity index (χ0n) is 14.5. The van der Waals surface area contributed by atoms with Gasteiger partial charge in [0.25, 0.3) is 0 Å². The quantitative estimate of drug-likeness (QED) is 0.830. The van der Waals surface area contributed by atoms with Crippen molar-refractivity contribution in [3.63, 3.8) is 0 Å². The van der Waals surface area contributed by atoms with E-state index in [2.05, 4.69) is 59.5 Å². The normalized spacial score (nSPS) is 18.2. The predicted octanol–water partition coefficient (Wildman–Crippen LogP) is 4.08. The molecule has 1 aliphatic heterocycles. The van der Waals surface area contributed by atoms with Gasteiger partial charge in [-0.05, 0) is 56.3 Å². The van der Waals surface area contributed by atoms with Crippen LogP contribution in [0.2, 0.25) is 0 Å². The molecule has 0 aliphatic carbocycles. The molecule has 128 valence electrons. The van der Waals surface area contributed by atoms with E-state index >= 15 is 0 Å². The fourth-order valence-electron chi connectivity index (χ4n) is 3.77. The second-order valence-electron chi connectivity index (χ2n) is 6.95. The highest BCUT2D eigenvalue weighted by atomic mass is 16.3. The Labute approximate surface area is 146 Å². The summed E-state index contributed by atoms with van der Waals surface area (Å²) in [6.45, 7) is 2.25. The molecule has 0 amide bonds. The third kappa shape index (κ3) is 4.93. The van der Waals surface area contributed by atoms with Crippen LogP contribution in [0.25, 0.3) is 0 Å². The summed E-state index contributed by atoms with van der Waals surface area (Å²) in [5.74, 6) is 0. The number of piperidine rings is 1. The highest BCUT2D eigenvalue weighted by molar-refractivity contribution is 5.17.